The fourth-order valence-corrected chi connectivity index (χ4v) is 1.67. The Labute approximate surface area is 83.2 Å². The highest BCUT2D eigenvalue weighted by atomic mass is 32.1. The first kappa shape index (κ1) is 10.4. The first-order chi connectivity index (χ1) is 6.20. The predicted octanol–water partition coefficient (Wildman–Crippen LogP) is 2.09. The zero-order valence-electron chi connectivity index (χ0n) is 7.99. The van der Waals surface area contributed by atoms with E-state index in [2.05, 4.69) is 0 Å². The van der Waals surface area contributed by atoms with Crippen molar-refractivity contribution in [3.63, 3.8) is 0 Å². The molecule has 1 heterocycles. The van der Waals surface area contributed by atoms with E-state index >= 15 is 0 Å². The minimum Gasteiger partial charge on any atom is -0.309 e. The molecule has 0 saturated carbocycles. The van der Waals surface area contributed by atoms with Crippen molar-refractivity contribution in [3.05, 3.63) is 28.8 Å². The second kappa shape index (κ2) is 5.14. The molecule has 0 aliphatic rings. The largest absolute Gasteiger partial charge is 0.309 e. The fraction of sp³-hybridized carbons (Fsp3) is 0.400. The molecule has 0 saturated heterocycles. The Bertz CT molecular complexity index is 254. The van der Waals surface area contributed by atoms with Gasteiger partial charge in [0.25, 0.3) is 0 Å². The molecule has 1 rings (SSSR count). The van der Waals surface area contributed by atoms with Crippen LogP contribution in [0.4, 0.5) is 0 Å². The number of thiophene rings is 1. The molecule has 71 valence electrons. The molecule has 1 aromatic heterocycles. The minimum absolute atomic E-state index is 0.219. The van der Waals surface area contributed by atoms with Crippen LogP contribution in [-0.2, 0) is 0 Å². The van der Waals surface area contributed by atoms with Crippen LogP contribution in [0.25, 0.3) is 0 Å². The average Bonchev–Trinajstić information content (AvgIpc) is 2.55. The molecule has 3 heteroatoms. The molecule has 0 bridgehead atoms. The molecule has 0 atom stereocenters. The first-order valence-corrected chi connectivity index (χ1v) is 5.11. The van der Waals surface area contributed by atoms with Gasteiger partial charge in [-0.1, -0.05) is 6.07 Å². The van der Waals surface area contributed by atoms with Crippen LogP contribution in [0.2, 0.25) is 0 Å². The van der Waals surface area contributed by atoms with Gasteiger partial charge in [-0.05, 0) is 32.0 Å². The van der Waals surface area contributed by atoms with Gasteiger partial charge >= 0.3 is 0 Å². The van der Waals surface area contributed by atoms with Crippen molar-refractivity contribution in [3.8, 4) is 0 Å². The molecule has 0 N–H and O–H groups in total. The number of ketones is 1. The Morgan fingerprint density at radius 2 is 2.38 bits per heavy atom. The molecule has 0 unspecified atom stereocenters. The zero-order chi connectivity index (χ0) is 9.68. The average molecular weight is 196 g/mol. The normalized spacial score (nSPS) is 10.7. The third kappa shape index (κ3) is 3.70. The molecule has 1 aromatic rings. The minimum atomic E-state index is 0.219. The molecule has 0 aromatic carbocycles. The van der Waals surface area contributed by atoms with E-state index in [9.17, 15) is 4.79 Å². The third-order valence-electron chi connectivity index (χ3n) is 1.62. The number of nitrogens with zero attached hydrogens (tertiary/aromatic N) is 1. The topological polar surface area (TPSA) is 20.3 Å². The van der Waals surface area contributed by atoms with Gasteiger partial charge in [-0.25, -0.2) is 0 Å². The van der Waals surface area contributed by atoms with Gasteiger partial charge in [0.1, 0.15) is 0 Å². The van der Waals surface area contributed by atoms with Crippen LogP contribution >= 0.6 is 11.3 Å². The van der Waals surface area contributed by atoms with Gasteiger partial charge in [-0.15, -0.1) is 11.3 Å². The monoisotopic (exact) mass is 196 g/mol. The Morgan fingerprint density at radius 3 is 2.92 bits per heavy atom. The van der Waals surface area contributed by atoms with Gasteiger partial charge in [0, 0.05) is 13.0 Å². The highest BCUT2D eigenvalue weighted by Crippen LogP contribution is 2.11. The maximum atomic E-state index is 11.4. The summed E-state index contributed by atoms with van der Waals surface area (Å²) in [5.74, 6) is 0.219. The first-order valence-electron chi connectivity index (χ1n) is 4.23. The van der Waals surface area contributed by atoms with Crippen LogP contribution in [0.3, 0.4) is 0 Å². The Morgan fingerprint density at radius 1 is 1.62 bits per heavy atom. The van der Waals surface area contributed by atoms with Crippen molar-refractivity contribution in [1.82, 2.24) is 4.90 Å². The summed E-state index contributed by atoms with van der Waals surface area (Å²) in [6, 6.07) is 3.78. The Hall–Kier alpha value is -0.670. The molecule has 0 spiro atoms. The molecule has 0 amide bonds. The molecule has 1 radical (unpaired) electrons. The van der Waals surface area contributed by atoms with Crippen molar-refractivity contribution in [1.29, 1.82) is 0 Å². The number of rotatable bonds is 5. The van der Waals surface area contributed by atoms with Gasteiger partial charge in [-0.3, -0.25) is 4.79 Å². The van der Waals surface area contributed by atoms with Gasteiger partial charge in [0.2, 0.25) is 0 Å². The number of Topliss-reactive ketones (excluding diaryl/α,β-unsaturated/α-hetero) is 1. The Balaban J connectivity index is 2.27. The maximum absolute atomic E-state index is 11.4. The summed E-state index contributed by atoms with van der Waals surface area (Å²) < 4.78 is 0. The molecule has 0 aliphatic heterocycles. The van der Waals surface area contributed by atoms with Crippen LogP contribution in [0.1, 0.15) is 16.1 Å². The van der Waals surface area contributed by atoms with E-state index in [4.69, 9.17) is 0 Å². The smallest absolute Gasteiger partial charge is 0.173 e. The van der Waals surface area contributed by atoms with Crippen molar-refractivity contribution >= 4 is 17.1 Å². The lowest BCUT2D eigenvalue weighted by Crippen LogP contribution is -2.14. The van der Waals surface area contributed by atoms with Crippen LogP contribution < -0.4 is 0 Å². The third-order valence-corrected chi connectivity index (χ3v) is 2.53. The quantitative estimate of drug-likeness (QED) is 0.672. The van der Waals surface area contributed by atoms with Crippen molar-refractivity contribution < 1.29 is 4.79 Å². The number of hydrogen-bond donors (Lipinski definition) is 0. The van der Waals surface area contributed by atoms with Crippen molar-refractivity contribution in [2.75, 3.05) is 20.6 Å². The summed E-state index contributed by atoms with van der Waals surface area (Å²) >= 11 is 1.51. The lowest BCUT2D eigenvalue weighted by Gasteiger charge is -2.07. The SMILES string of the molecule is CN(C)C[CH]CC(=O)c1cccs1. The summed E-state index contributed by atoms with van der Waals surface area (Å²) in [6.45, 7) is 0.858. The molecular formula is C10H14NOS. The second-order valence-corrected chi connectivity index (χ2v) is 4.10. The summed E-state index contributed by atoms with van der Waals surface area (Å²) in [5.41, 5.74) is 0. The van der Waals surface area contributed by atoms with E-state index in [-0.39, 0.29) is 5.78 Å². The van der Waals surface area contributed by atoms with Crippen LogP contribution in [0.15, 0.2) is 17.5 Å². The van der Waals surface area contributed by atoms with Gasteiger partial charge in [0.15, 0.2) is 5.78 Å². The van der Waals surface area contributed by atoms with Gasteiger partial charge < -0.3 is 4.90 Å². The van der Waals surface area contributed by atoms with E-state index in [0.29, 0.717) is 6.42 Å². The highest BCUT2D eigenvalue weighted by molar-refractivity contribution is 7.12. The van der Waals surface area contributed by atoms with Crippen LogP contribution in [-0.4, -0.2) is 31.3 Å². The summed E-state index contributed by atoms with van der Waals surface area (Å²) in [5, 5.41) is 1.93. The predicted molar refractivity (Wildman–Crippen MR) is 56.1 cm³/mol. The van der Waals surface area contributed by atoms with Crippen molar-refractivity contribution in [2.24, 2.45) is 0 Å². The summed E-state index contributed by atoms with van der Waals surface area (Å²) in [4.78, 5) is 14.3. The van der Waals surface area contributed by atoms with Gasteiger partial charge in [-0.2, -0.15) is 0 Å². The molecular weight excluding hydrogens is 182 g/mol. The fourth-order valence-electron chi connectivity index (χ4n) is 0.992. The van der Waals surface area contributed by atoms with E-state index in [1.54, 1.807) is 0 Å². The highest BCUT2D eigenvalue weighted by Gasteiger charge is 2.05. The number of hydrogen-bond acceptors (Lipinski definition) is 3. The Kier molecular flexibility index (Phi) is 4.12. The molecule has 0 aliphatic carbocycles. The zero-order valence-corrected chi connectivity index (χ0v) is 8.80. The standard InChI is InChI=1S/C10H14NOS/c1-11(2)7-3-5-9(12)10-6-4-8-13-10/h3-4,6,8H,5,7H2,1-2H3. The molecule has 13 heavy (non-hydrogen) atoms. The van der Waals surface area contributed by atoms with Crippen LogP contribution in [0.5, 0.6) is 0 Å². The summed E-state index contributed by atoms with van der Waals surface area (Å²) in [6.07, 6.45) is 2.54. The molecule has 0 fully saturated rings. The lowest BCUT2D eigenvalue weighted by atomic mass is 10.2. The van der Waals surface area contributed by atoms with E-state index < -0.39 is 0 Å². The number of carbonyl (C=O) groups is 1. The number of carbonyl (C=O) groups excluding carboxylic acids is 1. The maximum Gasteiger partial charge on any atom is 0.173 e. The summed E-state index contributed by atoms with van der Waals surface area (Å²) in [7, 11) is 3.98. The second-order valence-electron chi connectivity index (χ2n) is 3.16. The van der Waals surface area contributed by atoms with E-state index in [0.717, 1.165) is 11.4 Å². The van der Waals surface area contributed by atoms with E-state index in [1.165, 1.54) is 11.3 Å². The van der Waals surface area contributed by atoms with E-state index in [1.807, 2.05) is 42.9 Å². The van der Waals surface area contributed by atoms with Crippen LogP contribution in [0, 0.1) is 6.42 Å². The van der Waals surface area contributed by atoms with Crippen molar-refractivity contribution in [2.45, 2.75) is 6.42 Å². The molecule has 2 nitrogen and oxygen atoms in total. The van der Waals surface area contributed by atoms with Gasteiger partial charge in [0.05, 0.1) is 4.88 Å². The lowest BCUT2D eigenvalue weighted by molar-refractivity contribution is 0.0994.